The van der Waals surface area contributed by atoms with E-state index < -0.39 is 0 Å². The van der Waals surface area contributed by atoms with Gasteiger partial charge in [0.15, 0.2) is 0 Å². The van der Waals surface area contributed by atoms with E-state index in [0.29, 0.717) is 18.3 Å². The Morgan fingerprint density at radius 3 is 2.88 bits per heavy atom. The Labute approximate surface area is 152 Å². The maximum Gasteiger partial charge on any atom is 0.316 e. The Bertz CT molecular complexity index is 836. The van der Waals surface area contributed by atoms with E-state index in [1.165, 1.54) is 19.4 Å². The van der Waals surface area contributed by atoms with Gasteiger partial charge in [0.05, 0.1) is 6.42 Å². The third-order valence-corrected chi connectivity index (χ3v) is 5.75. The Balaban J connectivity index is 1.30. The summed E-state index contributed by atoms with van der Waals surface area (Å²) < 4.78 is 6.12. The minimum absolute atomic E-state index is 0.0471. The molecule has 0 spiro atoms. The number of rotatable bonds is 3. The molecule has 2 unspecified atom stereocenters. The topological polar surface area (TPSA) is 67.3 Å². The lowest BCUT2D eigenvalue weighted by Crippen LogP contribution is -2.49. The molecular formula is C20H22N4O2. The first-order chi connectivity index (χ1) is 12.7. The molecule has 1 amide bonds. The zero-order valence-electron chi connectivity index (χ0n) is 14.6. The SMILES string of the molecule is O=C1Cc2cc(-c3cnc(OC4CCN5CCC[C@@H]4C5)nc3)ccc2N1. The van der Waals surface area contributed by atoms with E-state index in [1.807, 2.05) is 30.6 Å². The predicted molar refractivity (Wildman–Crippen MR) is 98.0 cm³/mol. The van der Waals surface area contributed by atoms with E-state index >= 15 is 0 Å². The molecule has 0 aliphatic carbocycles. The van der Waals surface area contributed by atoms with Crippen molar-refractivity contribution in [1.82, 2.24) is 14.9 Å². The molecule has 26 heavy (non-hydrogen) atoms. The van der Waals surface area contributed by atoms with Crippen LogP contribution in [0.2, 0.25) is 0 Å². The number of carbonyl (C=O) groups excluding carboxylic acids is 1. The number of anilines is 1. The molecule has 5 rings (SSSR count). The third kappa shape index (κ3) is 2.94. The fourth-order valence-electron chi connectivity index (χ4n) is 4.37. The molecule has 6 nitrogen and oxygen atoms in total. The monoisotopic (exact) mass is 350 g/mol. The van der Waals surface area contributed by atoms with Crippen molar-refractivity contribution < 1.29 is 9.53 Å². The maximum absolute atomic E-state index is 11.5. The number of piperidine rings is 2. The van der Waals surface area contributed by atoms with Crippen molar-refractivity contribution in [3.05, 3.63) is 36.2 Å². The Hall–Kier alpha value is -2.47. The van der Waals surface area contributed by atoms with Crippen LogP contribution in [0.25, 0.3) is 11.1 Å². The fraction of sp³-hybridized carbons (Fsp3) is 0.450. The van der Waals surface area contributed by atoms with Crippen molar-refractivity contribution in [3.8, 4) is 17.1 Å². The van der Waals surface area contributed by atoms with Gasteiger partial charge in [-0.25, -0.2) is 9.97 Å². The molecule has 0 radical (unpaired) electrons. The van der Waals surface area contributed by atoms with Gasteiger partial charge in [-0.05, 0) is 49.1 Å². The summed E-state index contributed by atoms with van der Waals surface area (Å²) in [4.78, 5) is 22.9. The molecule has 6 heteroatoms. The molecule has 1 N–H and O–H groups in total. The number of ether oxygens (including phenoxy) is 1. The first-order valence-electron chi connectivity index (χ1n) is 9.39. The average Bonchev–Trinajstić information content (AvgIpc) is 3.04. The lowest BCUT2D eigenvalue weighted by atomic mass is 9.87. The second-order valence-corrected chi connectivity index (χ2v) is 7.50. The molecule has 3 atom stereocenters. The van der Waals surface area contributed by atoms with Gasteiger partial charge in [0.25, 0.3) is 0 Å². The van der Waals surface area contributed by atoms with Gasteiger partial charge in [-0.1, -0.05) is 6.07 Å². The van der Waals surface area contributed by atoms with Gasteiger partial charge >= 0.3 is 6.01 Å². The molecule has 0 saturated carbocycles. The molecule has 2 fully saturated rings. The highest BCUT2D eigenvalue weighted by molar-refractivity contribution is 5.99. The largest absolute Gasteiger partial charge is 0.460 e. The summed E-state index contributed by atoms with van der Waals surface area (Å²) in [5, 5.41) is 2.85. The quantitative estimate of drug-likeness (QED) is 0.921. The van der Waals surface area contributed by atoms with Crippen LogP contribution < -0.4 is 10.1 Å². The van der Waals surface area contributed by atoms with Gasteiger partial charge in [-0.2, -0.15) is 0 Å². The molecule has 1 aromatic carbocycles. The maximum atomic E-state index is 11.5. The second kappa shape index (κ2) is 6.36. The van der Waals surface area contributed by atoms with Crippen LogP contribution >= 0.6 is 0 Å². The summed E-state index contributed by atoms with van der Waals surface area (Å²) in [5.74, 6) is 0.647. The normalized spacial score (nSPS) is 26.9. The molecule has 4 heterocycles. The van der Waals surface area contributed by atoms with Crippen LogP contribution in [-0.4, -0.2) is 46.5 Å². The van der Waals surface area contributed by atoms with E-state index in [1.54, 1.807) is 0 Å². The van der Waals surface area contributed by atoms with Crippen LogP contribution in [0.1, 0.15) is 24.8 Å². The number of nitrogens with one attached hydrogen (secondary N) is 1. The van der Waals surface area contributed by atoms with E-state index in [0.717, 1.165) is 41.9 Å². The van der Waals surface area contributed by atoms with Crippen LogP contribution in [0.5, 0.6) is 6.01 Å². The summed E-state index contributed by atoms with van der Waals surface area (Å²) in [6.07, 6.45) is 7.84. The molecule has 2 saturated heterocycles. The summed E-state index contributed by atoms with van der Waals surface area (Å²) in [7, 11) is 0. The van der Waals surface area contributed by atoms with E-state index in [9.17, 15) is 4.79 Å². The predicted octanol–water partition coefficient (Wildman–Crippen LogP) is 2.50. The number of nitrogens with zero attached hydrogens (tertiary/aromatic N) is 3. The van der Waals surface area contributed by atoms with E-state index in [4.69, 9.17) is 4.74 Å². The molecular weight excluding hydrogens is 328 g/mol. The lowest BCUT2D eigenvalue weighted by Gasteiger charge is -2.41. The van der Waals surface area contributed by atoms with Crippen molar-refractivity contribution in [2.24, 2.45) is 5.92 Å². The number of fused-ring (bicyclic) bond motifs is 3. The Morgan fingerprint density at radius 2 is 2.00 bits per heavy atom. The fourth-order valence-corrected chi connectivity index (χ4v) is 4.37. The van der Waals surface area contributed by atoms with Gasteiger partial charge in [0, 0.05) is 42.7 Å². The number of hydrogen-bond donors (Lipinski definition) is 1. The summed E-state index contributed by atoms with van der Waals surface area (Å²) in [6.45, 7) is 3.49. The molecule has 2 aromatic rings. The summed E-state index contributed by atoms with van der Waals surface area (Å²) >= 11 is 0. The minimum Gasteiger partial charge on any atom is -0.460 e. The Kier molecular flexibility index (Phi) is 3.85. The molecule has 1 aromatic heterocycles. The van der Waals surface area contributed by atoms with Crippen molar-refractivity contribution >= 4 is 11.6 Å². The minimum atomic E-state index is 0.0471. The summed E-state index contributed by atoms with van der Waals surface area (Å²) in [5.41, 5.74) is 3.88. The van der Waals surface area contributed by atoms with Gasteiger partial charge in [-0.15, -0.1) is 0 Å². The van der Waals surface area contributed by atoms with Gasteiger partial charge < -0.3 is 15.0 Å². The highest BCUT2D eigenvalue weighted by Gasteiger charge is 2.33. The van der Waals surface area contributed by atoms with Crippen LogP contribution in [0.3, 0.4) is 0 Å². The number of hydrogen-bond acceptors (Lipinski definition) is 5. The number of amides is 1. The average molecular weight is 350 g/mol. The van der Waals surface area contributed by atoms with E-state index in [-0.39, 0.29) is 12.0 Å². The Morgan fingerprint density at radius 1 is 1.12 bits per heavy atom. The molecule has 3 aliphatic heterocycles. The second-order valence-electron chi connectivity index (χ2n) is 7.50. The van der Waals surface area contributed by atoms with Crippen molar-refractivity contribution in [2.75, 3.05) is 25.0 Å². The summed E-state index contributed by atoms with van der Waals surface area (Å²) in [6, 6.07) is 6.43. The number of carbonyl (C=O) groups is 1. The zero-order chi connectivity index (χ0) is 17.5. The highest BCUT2D eigenvalue weighted by Crippen LogP contribution is 2.30. The number of aromatic nitrogens is 2. The third-order valence-electron chi connectivity index (χ3n) is 5.75. The molecule has 3 aliphatic rings. The zero-order valence-corrected chi connectivity index (χ0v) is 14.6. The molecule has 134 valence electrons. The number of benzene rings is 1. The lowest BCUT2D eigenvalue weighted by molar-refractivity contribution is -0.115. The first kappa shape index (κ1) is 15.8. The highest BCUT2D eigenvalue weighted by atomic mass is 16.5. The smallest absolute Gasteiger partial charge is 0.316 e. The van der Waals surface area contributed by atoms with Crippen LogP contribution in [0.4, 0.5) is 5.69 Å². The van der Waals surface area contributed by atoms with Crippen LogP contribution in [0.15, 0.2) is 30.6 Å². The van der Waals surface area contributed by atoms with Crippen molar-refractivity contribution in [2.45, 2.75) is 31.8 Å². The van der Waals surface area contributed by atoms with Crippen LogP contribution in [0, 0.1) is 5.92 Å². The van der Waals surface area contributed by atoms with Crippen LogP contribution in [-0.2, 0) is 11.2 Å². The molecule has 2 bridgehead atoms. The van der Waals surface area contributed by atoms with Crippen molar-refractivity contribution in [3.63, 3.8) is 0 Å². The van der Waals surface area contributed by atoms with Gasteiger partial charge in [0.2, 0.25) is 5.91 Å². The van der Waals surface area contributed by atoms with Gasteiger partial charge in [-0.3, -0.25) is 4.79 Å². The van der Waals surface area contributed by atoms with Gasteiger partial charge in [0.1, 0.15) is 6.10 Å². The first-order valence-corrected chi connectivity index (χ1v) is 9.39. The standard InChI is InChI=1S/C20H22N4O2/c25-19-9-15-8-13(3-4-17(15)23-19)16-10-21-20(22-11-16)26-18-5-7-24-6-1-2-14(18)12-24/h3-4,8,10-11,14,18H,1-2,5-7,9,12H2,(H,23,25)/t14-,18?/m1/s1. The van der Waals surface area contributed by atoms with Crippen molar-refractivity contribution in [1.29, 1.82) is 0 Å². The van der Waals surface area contributed by atoms with E-state index in [2.05, 4.69) is 20.2 Å².